The van der Waals surface area contributed by atoms with Gasteiger partial charge in [0.15, 0.2) is 5.82 Å². The van der Waals surface area contributed by atoms with E-state index in [9.17, 15) is 14.3 Å². The van der Waals surface area contributed by atoms with Crippen molar-refractivity contribution in [3.8, 4) is 5.75 Å². The molecule has 9 heteroatoms. The fourth-order valence-electron chi connectivity index (χ4n) is 3.32. The maximum absolute atomic E-state index is 13.5. The predicted octanol–water partition coefficient (Wildman–Crippen LogP) is 5.79. The number of ether oxygens (including phenoxy) is 1. The van der Waals surface area contributed by atoms with E-state index in [1.165, 1.54) is 12.3 Å². The molecular weight excluding hydrogens is 423 g/mol. The van der Waals surface area contributed by atoms with Crippen LogP contribution >= 0.6 is 11.6 Å². The van der Waals surface area contributed by atoms with Gasteiger partial charge in [-0.3, -0.25) is 0 Å². The van der Waals surface area contributed by atoms with Crippen molar-refractivity contribution < 1.29 is 19.0 Å². The second-order valence-corrected chi connectivity index (χ2v) is 7.58. The lowest BCUT2D eigenvalue weighted by atomic mass is 10.0. The summed E-state index contributed by atoms with van der Waals surface area (Å²) in [5, 5.41) is 21.2. The Morgan fingerprint density at radius 2 is 2.19 bits per heavy atom. The molecule has 3 aromatic rings. The summed E-state index contributed by atoms with van der Waals surface area (Å²) in [6.07, 6.45) is 7.74. The minimum absolute atomic E-state index is 0.0496. The summed E-state index contributed by atoms with van der Waals surface area (Å²) >= 11 is 6.39. The molecule has 31 heavy (non-hydrogen) atoms. The Kier molecular flexibility index (Phi) is 6.18. The number of halogens is 2. The first kappa shape index (κ1) is 20.9. The molecule has 0 fully saturated rings. The van der Waals surface area contributed by atoms with E-state index < -0.39 is 5.97 Å². The zero-order valence-electron chi connectivity index (χ0n) is 16.5. The average molecular weight is 443 g/mol. The van der Waals surface area contributed by atoms with Crippen molar-refractivity contribution in [1.29, 1.82) is 0 Å². The Morgan fingerprint density at radius 3 is 3.00 bits per heavy atom. The number of hydrogen-bond donors (Lipinski definition) is 3. The van der Waals surface area contributed by atoms with Gasteiger partial charge in [-0.05, 0) is 49.1 Å². The van der Waals surface area contributed by atoms with Gasteiger partial charge in [0.25, 0.3) is 0 Å². The molecular formula is C22H20ClFN4O3. The Bertz CT molecular complexity index is 1190. The van der Waals surface area contributed by atoms with Crippen LogP contribution in [0.5, 0.6) is 5.75 Å². The van der Waals surface area contributed by atoms with Gasteiger partial charge in [-0.25, -0.2) is 9.18 Å². The fraction of sp³-hybridized carbons (Fsp3) is 0.227. The lowest BCUT2D eigenvalue weighted by Crippen LogP contribution is -2.03. The molecule has 4 rings (SSSR count). The number of rotatable bonds is 6. The SMILES string of the molecule is O=C(O)c1cc2c(Nc3ccc(OC/C4=C/C/C(F)=C\CCC4)c(Cl)c3)nncc2[nH]1. The van der Waals surface area contributed by atoms with Gasteiger partial charge >= 0.3 is 5.97 Å². The van der Waals surface area contributed by atoms with Gasteiger partial charge in [0.1, 0.15) is 18.1 Å². The molecule has 1 aromatic carbocycles. The van der Waals surface area contributed by atoms with E-state index in [4.69, 9.17) is 16.3 Å². The van der Waals surface area contributed by atoms with Crippen LogP contribution in [0.4, 0.5) is 15.9 Å². The maximum atomic E-state index is 13.5. The van der Waals surface area contributed by atoms with Gasteiger partial charge in [-0.15, -0.1) is 5.10 Å². The van der Waals surface area contributed by atoms with E-state index in [1.807, 2.05) is 6.08 Å². The third kappa shape index (κ3) is 5.03. The third-order valence-electron chi connectivity index (χ3n) is 4.94. The Balaban J connectivity index is 1.47. The number of carboxylic acids is 1. The molecule has 3 N–H and O–H groups in total. The number of nitrogens with one attached hydrogen (secondary N) is 2. The molecule has 0 saturated carbocycles. The number of H-pyrrole nitrogens is 1. The fourth-order valence-corrected chi connectivity index (χ4v) is 3.56. The van der Waals surface area contributed by atoms with Gasteiger partial charge in [0.2, 0.25) is 0 Å². The van der Waals surface area contributed by atoms with Crippen molar-refractivity contribution in [2.75, 3.05) is 11.9 Å². The number of carbonyl (C=O) groups is 1. The molecule has 0 saturated heterocycles. The highest BCUT2D eigenvalue weighted by atomic mass is 35.5. The van der Waals surface area contributed by atoms with Gasteiger partial charge in [-0.2, -0.15) is 5.10 Å². The van der Waals surface area contributed by atoms with Crippen LogP contribution in [-0.4, -0.2) is 32.9 Å². The lowest BCUT2D eigenvalue weighted by Gasteiger charge is -2.14. The minimum atomic E-state index is -1.06. The van der Waals surface area contributed by atoms with E-state index in [-0.39, 0.29) is 11.5 Å². The van der Waals surface area contributed by atoms with Crippen molar-refractivity contribution in [3.63, 3.8) is 0 Å². The highest BCUT2D eigenvalue weighted by Gasteiger charge is 2.13. The zero-order chi connectivity index (χ0) is 21.8. The molecule has 0 bridgehead atoms. The smallest absolute Gasteiger partial charge is 0.352 e. The summed E-state index contributed by atoms with van der Waals surface area (Å²) in [5.74, 6) is -0.252. The summed E-state index contributed by atoms with van der Waals surface area (Å²) in [6, 6.07) is 6.70. The molecule has 0 radical (unpaired) electrons. The van der Waals surface area contributed by atoms with Crippen molar-refractivity contribution in [3.05, 3.63) is 64.7 Å². The van der Waals surface area contributed by atoms with Crippen LogP contribution in [-0.2, 0) is 0 Å². The molecule has 0 amide bonds. The summed E-state index contributed by atoms with van der Waals surface area (Å²) in [7, 11) is 0. The first-order valence-corrected chi connectivity index (χ1v) is 10.2. The first-order chi connectivity index (χ1) is 15.0. The number of aromatic nitrogens is 3. The predicted molar refractivity (Wildman–Crippen MR) is 117 cm³/mol. The number of carboxylic acid groups (broad SMARTS) is 1. The second kappa shape index (κ2) is 9.18. The number of fused-ring (bicyclic) bond motifs is 1. The number of benzene rings is 1. The van der Waals surface area contributed by atoms with Crippen LogP contribution in [0.2, 0.25) is 5.02 Å². The summed E-state index contributed by atoms with van der Waals surface area (Å²) in [5.41, 5.74) is 2.30. The number of anilines is 2. The summed E-state index contributed by atoms with van der Waals surface area (Å²) < 4.78 is 19.3. The average Bonchev–Trinajstić information content (AvgIpc) is 3.18. The van der Waals surface area contributed by atoms with Crippen molar-refractivity contribution in [2.45, 2.75) is 25.7 Å². The van der Waals surface area contributed by atoms with Gasteiger partial charge in [0, 0.05) is 17.5 Å². The van der Waals surface area contributed by atoms with E-state index in [2.05, 4.69) is 20.5 Å². The number of hydrogen-bond acceptors (Lipinski definition) is 5. The molecule has 1 aliphatic carbocycles. The van der Waals surface area contributed by atoms with Crippen LogP contribution in [0.3, 0.4) is 0 Å². The third-order valence-corrected chi connectivity index (χ3v) is 5.23. The van der Waals surface area contributed by atoms with E-state index >= 15 is 0 Å². The van der Waals surface area contributed by atoms with Crippen LogP contribution in [0, 0.1) is 0 Å². The quantitative estimate of drug-likeness (QED) is 0.418. The van der Waals surface area contributed by atoms with E-state index in [0.29, 0.717) is 46.2 Å². The van der Waals surface area contributed by atoms with Crippen molar-refractivity contribution in [1.82, 2.24) is 15.2 Å². The van der Waals surface area contributed by atoms with Crippen LogP contribution in [0.1, 0.15) is 36.2 Å². The Morgan fingerprint density at radius 1 is 1.32 bits per heavy atom. The van der Waals surface area contributed by atoms with Crippen molar-refractivity contribution in [2.24, 2.45) is 0 Å². The van der Waals surface area contributed by atoms with Gasteiger partial charge < -0.3 is 20.1 Å². The molecule has 2 aromatic heterocycles. The van der Waals surface area contributed by atoms with E-state index in [0.717, 1.165) is 24.8 Å². The molecule has 1 aliphatic rings. The highest BCUT2D eigenvalue weighted by Crippen LogP contribution is 2.31. The van der Waals surface area contributed by atoms with Gasteiger partial charge in [-0.1, -0.05) is 23.8 Å². The van der Waals surface area contributed by atoms with Crippen LogP contribution in [0.25, 0.3) is 10.9 Å². The lowest BCUT2D eigenvalue weighted by molar-refractivity contribution is 0.0691. The topological polar surface area (TPSA) is 100 Å². The molecule has 0 unspecified atom stereocenters. The summed E-state index contributed by atoms with van der Waals surface area (Å²) in [6.45, 7) is 0.353. The highest BCUT2D eigenvalue weighted by molar-refractivity contribution is 6.32. The zero-order valence-corrected chi connectivity index (χ0v) is 17.2. The maximum Gasteiger partial charge on any atom is 0.352 e. The molecule has 7 nitrogen and oxygen atoms in total. The number of aromatic carboxylic acids is 1. The van der Waals surface area contributed by atoms with Crippen LogP contribution in [0.15, 0.2) is 54.0 Å². The van der Waals surface area contributed by atoms with Crippen molar-refractivity contribution >= 4 is 40.0 Å². The second-order valence-electron chi connectivity index (χ2n) is 7.18. The Labute approximate surface area is 182 Å². The number of nitrogens with zero attached hydrogens (tertiary/aromatic N) is 2. The first-order valence-electron chi connectivity index (χ1n) is 9.79. The Hall–Kier alpha value is -3.39. The molecule has 2 heterocycles. The largest absolute Gasteiger partial charge is 0.488 e. The monoisotopic (exact) mass is 442 g/mol. The van der Waals surface area contributed by atoms with E-state index in [1.54, 1.807) is 24.3 Å². The summed E-state index contributed by atoms with van der Waals surface area (Å²) in [4.78, 5) is 14.0. The normalized spacial score (nSPS) is 17.7. The molecule has 0 atom stereocenters. The standard InChI is InChI=1S/C22H20ClFN4O3/c23-17-9-15(26-21-16-10-18(22(29)30)27-19(16)11-25-28-21)7-8-20(17)31-12-13-3-1-2-4-14(24)6-5-13/h4-5,7-11,27H,1-3,6,12H2,(H,26,28)(H,29,30)/b13-5+,14-4+. The van der Waals surface area contributed by atoms with Gasteiger partial charge in [0.05, 0.1) is 22.6 Å². The number of aromatic amines is 1. The molecule has 0 spiro atoms. The van der Waals surface area contributed by atoms with Crippen LogP contribution < -0.4 is 10.1 Å². The number of allylic oxidation sites excluding steroid dienone is 3. The molecule has 0 aliphatic heterocycles. The minimum Gasteiger partial charge on any atom is -0.488 e. The molecule has 160 valence electrons.